The van der Waals surface area contributed by atoms with Crippen molar-refractivity contribution in [3.8, 4) is 0 Å². The molecule has 1 nitrogen and oxygen atoms in total. The summed E-state index contributed by atoms with van der Waals surface area (Å²) in [5.41, 5.74) is 1.05. The monoisotopic (exact) mass is 196 g/mol. The van der Waals surface area contributed by atoms with Gasteiger partial charge in [0.1, 0.15) is 6.29 Å². The molecule has 0 saturated heterocycles. The maximum Gasteiger partial charge on any atom is 0.159 e. The quantitative estimate of drug-likeness (QED) is 0.536. The van der Waals surface area contributed by atoms with Crippen molar-refractivity contribution in [3.63, 3.8) is 0 Å². The summed E-state index contributed by atoms with van der Waals surface area (Å²) in [7, 11) is 0. The number of halogens is 2. The molecule has 0 aliphatic rings. The van der Waals surface area contributed by atoms with E-state index in [4.69, 9.17) is 0 Å². The van der Waals surface area contributed by atoms with E-state index in [1.54, 1.807) is 0 Å². The van der Waals surface area contributed by atoms with E-state index in [1.807, 2.05) is 6.92 Å². The number of allylic oxidation sites excluding steroid dienone is 1. The van der Waals surface area contributed by atoms with Crippen LogP contribution < -0.4 is 0 Å². The van der Waals surface area contributed by atoms with Gasteiger partial charge in [0.2, 0.25) is 0 Å². The topological polar surface area (TPSA) is 17.1 Å². The second-order valence-electron chi connectivity index (χ2n) is 2.86. The zero-order chi connectivity index (χ0) is 10.6. The minimum atomic E-state index is -0.903. The van der Waals surface area contributed by atoms with Crippen molar-refractivity contribution in [2.24, 2.45) is 0 Å². The van der Waals surface area contributed by atoms with E-state index in [9.17, 15) is 13.6 Å². The first-order valence-electron chi connectivity index (χ1n) is 4.28. The van der Waals surface area contributed by atoms with Crippen LogP contribution in [0.15, 0.2) is 23.8 Å². The standard InChI is InChI=1S/C11H10F2O/c1-2-8(7-14)5-9-3-4-10(12)11(13)6-9/h3-7H,2H2,1H3/b8-5-. The molecule has 0 bridgehead atoms. The average molecular weight is 196 g/mol. The van der Waals surface area contributed by atoms with Crippen molar-refractivity contribution in [3.05, 3.63) is 41.0 Å². The Balaban J connectivity index is 3.03. The van der Waals surface area contributed by atoms with Crippen molar-refractivity contribution in [1.29, 1.82) is 0 Å². The number of carbonyl (C=O) groups is 1. The van der Waals surface area contributed by atoms with Crippen LogP contribution in [0.25, 0.3) is 6.08 Å². The van der Waals surface area contributed by atoms with E-state index in [0.717, 1.165) is 12.1 Å². The fourth-order valence-corrected chi connectivity index (χ4v) is 1.04. The van der Waals surface area contributed by atoms with Gasteiger partial charge in [-0.3, -0.25) is 4.79 Å². The summed E-state index contributed by atoms with van der Waals surface area (Å²) < 4.78 is 25.3. The predicted octanol–water partition coefficient (Wildman–Crippen LogP) is 2.96. The van der Waals surface area contributed by atoms with Gasteiger partial charge in [0.15, 0.2) is 11.6 Å². The number of benzene rings is 1. The Morgan fingerprint density at radius 2 is 2.07 bits per heavy atom. The lowest BCUT2D eigenvalue weighted by Crippen LogP contribution is -1.86. The summed E-state index contributed by atoms with van der Waals surface area (Å²) >= 11 is 0. The van der Waals surface area contributed by atoms with Gasteiger partial charge in [-0.05, 0) is 35.8 Å². The normalized spacial score (nSPS) is 11.5. The molecule has 0 saturated carbocycles. The number of rotatable bonds is 3. The van der Waals surface area contributed by atoms with Gasteiger partial charge < -0.3 is 0 Å². The summed E-state index contributed by atoms with van der Waals surface area (Å²) in [6.07, 6.45) is 2.82. The Morgan fingerprint density at radius 3 is 2.57 bits per heavy atom. The number of hydrogen-bond acceptors (Lipinski definition) is 1. The van der Waals surface area contributed by atoms with Crippen molar-refractivity contribution in [2.45, 2.75) is 13.3 Å². The second-order valence-corrected chi connectivity index (χ2v) is 2.86. The molecule has 0 aliphatic carbocycles. The molecule has 0 heterocycles. The minimum absolute atomic E-state index is 0.493. The molecule has 0 aromatic heterocycles. The van der Waals surface area contributed by atoms with Crippen LogP contribution >= 0.6 is 0 Å². The van der Waals surface area contributed by atoms with Gasteiger partial charge in [0.05, 0.1) is 0 Å². The van der Waals surface area contributed by atoms with Gasteiger partial charge in [0, 0.05) is 0 Å². The minimum Gasteiger partial charge on any atom is -0.298 e. The maximum atomic E-state index is 12.7. The first-order valence-corrected chi connectivity index (χ1v) is 4.28. The fourth-order valence-electron chi connectivity index (χ4n) is 1.04. The largest absolute Gasteiger partial charge is 0.298 e. The lowest BCUT2D eigenvalue weighted by atomic mass is 10.1. The molecular weight excluding hydrogens is 186 g/mol. The van der Waals surface area contributed by atoms with Crippen LogP contribution in [0, 0.1) is 11.6 Å². The summed E-state index contributed by atoms with van der Waals surface area (Å²) in [5, 5.41) is 0. The molecule has 1 aromatic carbocycles. The highest BCUT2D eigenvalue weighted by Crippen LogP contribution is 2.12. The van der Waals surface area contributed by atoms with E-state index in [0.29, 0.717) is 23.8 Å². The molecule has 0 atom stereocenters. The molecular formula is C11H10F2O. The van der Waals surface area contributed by atoms with Gasteiger partial charge in [-0.1, -0.05) is 13.0 Å². The first-order chi connectivity index (χ1) is 6.67. The van der Waals surface area contributed by atoms with Crippen LogP contribution in [-0.4, -0.2) is 6.29 Å². The van der Waals surface area contributed by atoms with E-state index in [2.05, 4.69) is 0 Å². The molecule has 0 radical (unpaired) electrons. The Hall–Kier alpha value is -1.51. The predicted molar refractivity (Wildman–Crippen MR) is 50.7 cm³/mol. The third-order valence-corrected chi connectivity index (χ3v) is 1.86. The summed E-state index contributed by atoms with van der Waals surface area (Å²) in [5.74, 6) is -1.79. The van der Waals surface area contributed by atoms with E-state index < -0.39 is 11.6 Å². The Bertz CT molecular complexity index is 370. The third kappa shape index (κ3) is 2.49. The SMILES string of the molecule is CC/C(C=O)=C/c1ccc(F)c(F)c1. The van der Waals surface area contributed by atoms with Crippen LogP contribution in [0.5, 0.6) is 0 Å². The Kier molecular flexibility index (Phi) is 3.51. The molecule has 0 unspecified atom stereocenters. The molecule has 0 fully saturated rings. The van der Waals surface area contributed by atoms with Crippen molar-refractivity contribution < 1.29 is 13.6 Å². The lowest BCUT2D eigenvalue weighted by molar-refractivity contribution is -0.104. The molecule has 3 heteroatoms. The van der Waals surface area contributed by atoms with Crippen LogP contribution in [0.1, 0.15) is 18.9 Å². The van der Waals surface area contributed by atoms with Crippen LogP contribution in [0.4, 0.5) is 8.78 Å². The Labute approximate surface area is 81.1 Å². The summed E-state index contributed by atoms with van der Waals surface area (Å²) in [6.45, 7) is 1.82. The second kappa shape index (κ2) is 4.65. The highest BCUT2D eigenvalue weighted by Gasteiger charge is 2.01. The van der Waals surface area contributed by atoms with Gasteiger partial charge in [0.25, 0.3) is 0 Å². The smallest absolute Gasteiger partial charge is 0.159 e. The zero-order valence-electron chi connectivity index (χ0n) is 7.76. The maximum absolute atomic E-state index is 12.7. The summed E-state index contributed by atoms with van der Waals surface area (Å²) in [6, 6.07) is 3.53. The molecule has 1 rings (SSSR count). The highest BCUT2D eigenvalue weighted by atomic mass is 19.2. The highest BCUT2D eigenvalue weighted by molar-refractivity contribution is 5.81. The molecule has 14 heavy (non-hydrogen) atoms. The average Bonchev–Trinajstić information content (AvgIpc) is 2.19. The molecule has 1 aromatic rings. The van der Waals surface area contributed by atoms with Gasteiger partial charge in [-0.25, -0.2) is 8.78 Å². The van der Waals surface area contributed by atoms with Crippen molar-refractivity contribution in [2.75, 3.05) is 0 Å². The molecule has 0 aliphatic heterocycles. The molecule has 0 spiro atoms. The lowest BCUT2D eigenvalue weighted by Gasteiger charge is -1.97. The van der Waals surface area contributed by atoms with Crippen LogP contribution in [0.3, 0.4) is 0 Å². The third-order valence-electron chi connectivity index (χ3n) is 1.86. The zero-order valence-corrected chi connectivity index (χ0v) is 7.76. The number of aldehydes is 1. The van der Waals surface area contributed by atoms with Crippen LogP contribution in [0.2, 0.25) is 0 Å². The molecule has 0 N–H and O–H groups in total. The van der Waals surface area contributed by atoms with Gasteiger partial charge in [-0.15, -0.1) is 0 Å². The molecule has 74 valence electrons. The van der Waals surface area contributed by atoms with Gasteiger partial charge >= 0.3 is 0 Å². The first kappa shape index (κ1) is 10.6. The Morgan fingerprint density at radius 1 is 1.36 bits per heavy atom. The van der Waals surface area contributed by atoms with E-state index in [-0.39, 0.29) is 0 Å². The van der Waals surface area contributed by atoms with Crippen LogP contribution in [-0.2, 0) is 4.79 Å². The van der Waals surface area contributed by atoms with Crippen molar-refractivity contribution >= 4 is 12.4 Å². The number of hydrogen-bond donors (Lipinski definition) is 0. The summed E-state index contributed by atoms with van der Waals surface area (Å²) in [4.78, 5) is 10.5. The number of carbonyl (C=O) groups excluding carboxylic acids is 1. The van der Waals surface area contributed by atoms with Gasteiger partial charge in [-0.2, -0.15) is 0 Å². The molecule has 0 amide bonds. The van der Waals surface area contributed by atoms with Crippen molar-refractivity contribution in [1.82, 2.24) is 0 Å². The van der Waals surface area contributed by atoms with E-state index in [1.165, 1.54) is 12.1 Å². The fraction of sp³-hybridized carbons (Fsp3) is 0.182. The van der Waals surface area contributed by atoms with E-state index >= 15 is 0 Å².